The van der Waals surface area contributed by atoms with E-state index < -0.39 is 17.1 Å². The molecule has 0 aromatic heterocycles. The Bertz CT molecular complexity index is 326. The average Bonchev–Trinajstić information content (AvgIpc) is 2.64. The fraction of sp³-hybridized carbons (Fsp3) is 1.00. The first-order valence-corrected chi connectivity index (χ1v) is 12.3. The number of rotatable bonds is 19. The molecule has 0 aliphatic carbocycles. The van der Waals surface area contributed by atoms with Crippen LogP contribution in [0.2, 0.25) is 0 Å². The summed E-state index contributed by atoms with van der Waals surface area (Å²) in [6.45, 7) is 10.8. The first-order valence-electron chi connectivity index (χ1n) is 12.3. The lowest BCUT2D eigenvalue weighted by atomic mass is 9.64. The summed E-state index contributed by atoms with van der Waals surface area (Å²) in [6.07, 6.45) is 19.5. The molecule has 0 aliphatic rings. The lowest BCUT2D eigenvalue weighted by Crippen LogP contribution is -2.51. The maximum absolute atomic E-state index is 11.2. The molecule has 0 aromatic carbocycles. The molecule has 0 amide bonds. The van der Waals surface area contributed by atoms with Crippen molar-refractivity contribution in [3.8, 4) is 0 Å². The van der Waals surface area contributed by atoms with Crippen molar-refractivity contribution in [1.29, 1.82) is 0 Å². The molecule has 3 unspecified atom stereocenters. The Morgan fingerprint density at radius 2 is 1.04 bits per heavy atom. The van der Waals surface area contributed by atoms with E-state index in [1.54, 1.807) is 0 Å². The van der Waals surface area contributed by atoms with Gasteiger partial charge in [-0.05, 0) is 26.2 Å². The minimum atomic E-state index is -0.782. The molecule has 3 atom stereocenters. The van der Waals surface area contributed by atoms with Gasteiger partial charge in [0.05, 0.1) is 11.7 Å². The molecule has 2 heteroatoms. The standard InChI is InChI=1S/C25H52O2/c1-6-9-12-13-14-15-16-17-18-20-23(26)24(4,21-19-10-7-2)25(5,27)22-11-8-3/h23,26-27H,6-22H2,1-5H3. The number of aliphatic hydroxyl groups is 2. The lowest BCUT2D eigenvalue weighted by Gasteiger charge is -2.47. The minimum Gasteiger partial charge on any atom is -0.392 e. The third-order valence-electron chi connectivity index (χ3n) is 6.86. The molecule has 0 spiro atoms. The maximum Gasteiger partial charge on any atom is 0.0697 e. The van der Waals surface area contributed by atoms with Crippen molar-refractivity contribution in [1.82, 2.24) is 0 Å². The molecule has 0 bridgehead atoms. The number of unbranched alkanes of at least 4 members (excludes halogenated alkanes) is 11. The zero-order valence-electron chi connectivity index (χ0n) is 19.5. The largest absolute Gasteiger partial charge is 0.392 e. The summed E-state index contributed by atoms with van der Waals surface area (Å²) < 4.78 is 0. The van der Waals surface area contributed by atoms with Gasteiger partial charge in [0.15, 0.2) is 0 Å². The Hall–Kier alpha value is -0.0800. The van der Waals surface area contributed by atoms with E-state index in [0.29, 0.717) is 0 Å². The first kappa shape index (κ1) is 26.9. The van der Waals surface area contributed by atoms with Gasteiger partial charge >= 0.3 is 0 Å². The molecule has 0 saturated heterocycles. The Labute approximate surface area is 171 Å². The fourth-order valence-corrected chi connectivity index (χ4v) is 4.31. The van der Waals surface area contributed by atoms with Gasteiger partial charge in [-0.1, -0.05) is 118 Å². The molecule has 0 rings (SSSR count). The van der Waals surface area contributed by atoms with Crippen molar-refractivity contribution in [2.45, 2.75) is 155 Å². The lowest BCUT2D eigenvalue weighted by molar-refractivity contribution is -0.137. The Morgan fingerprint density at radius 1 is 0.593 bits per heavy atom. The monoisotopic (exact) mass is 384 g/mol. The normalized spacial score (nSPS) is 17.4. The summed E-state index contributed by atoms with van der Waals surface area (Å²) >= 11 is 0. The van der Waals surface area contributed by atoms with Crippen LogP contribution >= 0.6 is 0 Å². The minimum absolute atomic E-state index is 0.391. The van der Waals surface area contributed by atoms with Crippen LogP contribution in [0.4, 0.5) is 0 Å². The predicted molar refractivity (Wildman–Crippen MR) is 120 cm³/mol. The zero-order chi connectivity index (χ0) is 20.6. The summed E-state index contributed by atoms with van der Waals surface area (Å²) in [6, 6.07) is 0. The van der Waals surface area contributed by atoms with E-state index in [1.165, 1.54) is 64.2 Å². The van der Waals surface area contributed by atoms with Crippen molar-refractivity contribution >= 4 is 0 Å². The van der Waals surface area contributed by atoms with Crippen LogP contribution in [0.3, 0.4) is 0 Å². The van der Waals surface area contributed by atoms with E-state index in [-0.39, 0.29) is 0 Å². The van der Waals surface area contributed by atoms with Crippen LogP contribution in [0, 0.1) is 5.41 Å². The highest BCUT2D eigenvalue weighted by atomic mass is 16.3. The van der Waals surface area contributed by atoms with Crippen molar-refractivity contribution < 1.29 is 10.2 Å². The van der Waals surface area contributed by atoms with Gasteiger partial charge < -0.3 is 10.2 Å². The zero-order valence-corrected chi connectivity index (χ0v) is 19.5. The van der Waals surface area contributed by atoms with Crippen LogP contribution < -0.4 is 0 Å². The van der Waals surface area contributed by atoms with Gasteiger partial charge in [-0.2, -0.15) is 0 Å². The van der Waals surface area contributed by atoms with E-state index in [4.69, 9.17) is 0 Å². The molecule has 0 aromatic rings. The third-order valence-corrected chi connectivity index (χ3v) is 6.86. The second-order valence-corrected chi connectivity index (χ2v) is 9.38. The summed E-state index contributed by atoms with van der Waals surface area (Å²) in [5, 5.41) is 22.3. The Morgan fingerprint density at radius 3 is 1.56 bits per heavy atom. The van der Waals surface area contributed by atoms with E-state index in [0.717, 1.165) is 44.9 Å². The quantitative estimate of drug-likeness (QED) is 0.223. The number of hydrogen-bond acceptors (Lipinski definition) is 2. The second kappa shape index (κ2) is 15.8. The van der Waals surface area contributed by atoms with Crippen molar-refractivity contribution in [2.24, 2.45) is 5.41 Å². The van der Waals surface area contributed by atoms with Crippen LogP contribution in [0.1, 0.15) is 144 Å². The molecule has 27 heavy (non-hydrogen) atoms. The molecule has 0 fully saturated rings. The predicted octanol–water partition coefficient (Wildman–Crippen LogP) is 7.80. The fourth-order valence-electron chi connectivity index (χ4n) is 4.31. The van der Waals surface area contributed by atoms with Crippen molar-refractivity contribution in [2.75, 3.05) is 0 Å². The SMILES string of the molecule is CCCCCCCCCCCC(O)C(C)(CCCCC)C(C)(O)CCCC. The molecule has 0 radical (unpaired) electrons. The van der Waals surface area contributed by atoms with Gasteiger partial charge in [-0.25, -0.2) is 0 Å². The van der Waals surface area contributed by atoms with Gasteiger partial charge in [0.25, 0.3) is 0 Å². The third kappa shape index (κ3) is 10.9. The van der Waals surface area contributed by atoms with E-state index in [1.807, 2.05) is 6.92 Å². The molecular formula is C25H52O2. The average molecular weight is 385 g/mol. The number of hydrogen-bond donors (Lipinski definition) is 2. The second-order valence-electron chi connectivity index (χ2n) is 9.38. The summed E-state index contributed by atoms with van der Waals surface area (Å²) in [4.78, 5) is 0. The number of aliphatic hydroxyl groups excluding tert-OH is 1. The summed E-state index contributed by atoms with van der Waals surface area (Å²) in [7, 11) is 0. The maximum atomic E-state index is 11.2. The van der Waals surface area contributed by atoms with Gasteiger partial charge in [0.2, 0.25) is 0 Å². The Kier molecular flexibility index (Phi) is 15.8. The molecule has 0 saturated carbocycles. The summed E-state index contributed by atoms with van der Waals surface area (Å²) in [5.74, 6) is 0. The first-order chi connectivity index (χ1) is 12.9. The van der Waals surface area contributed by atoms with Crippen LogP contribution in [0.5, 0.6) is 0 Å². The van der Waals surface area contributed by atoms with Crippen LogP contribution in [-0.2, 0) is 0 Å². The van der Waals surface area contributed by atoms with Gasteiger partial charge in [0.1, 0.15) is 0 Å². The smallest absolute Gasteiger partial charge is 0.0697 e. The van der Waals surface area contributed by atoms with Crippen molar-refractivity contribution in [3.05, 3.63) is 0 Å². The molecule has 2 N–H and O–H groups in total. The molecule has 2 nitrogen and oxygen atoms in total. The molecule has 0 aliphatic heterocycles. The summed E-state index contributed by atoms with van der Waals surface area (Å²) in [5.41, 5.74) is -1.17. The topological polar surface area (TPSA) is 40.5 Å². The highest BCUT2D eigenvalue weighted by molar-refractivity contribution is 4.97. The highest BCUT2D eigenvalue weighted by Crippen LogP contribution is 2.44. The van der Waals surface area contributed by atoms with Crippen LogP contribution in [0.15, 0.2) is 0 Å². The van der Waals surface area contributed by atoms with Crippen LogP contribution in [0.25, 0.3) is 0 Å². The molecule has 0 heterocycles. The van der Waals surface area contributed by atoms with Gasteiger partial charge in [0, 0.05) is 5.41 Å². The van der Waals surface area contributed by atoms with Gasteiger partial charge in [-0.15, -0.1) is 0 Å². The van der Waals surface area contributed by atoms with E-state index >= 15 is 0 Å². The van der Waals surface area contributed by atoms with Gasteiger partial charge in [-0.3, -0.25) is 0 Å². The Balaban J connectivity index is 4.39. The van der Waals surface area contributed by atoms with E-state index in [9.17, 15) is 10.2 Å². The van der Waals surface area contributed by atoms with Crippen LogP contribution in [-0.4, -0.2) is 21.9 Å². The molecular weight excluding hydrogens is 332 g/mol. The highest BCUT2D eigenvalue weighted by Gasteiger charge is 2.46. The van der Waals surface area contributed by atoms with E-state index in [2.05, 4.69) is 27.7 Å². The molecule has 164 valence electrons. The van der Waals surface area contributed by atoms with Crippen molar-refractivity contribution in [3.63, 3.8) is 0 Å².